The van der Waals surface area contributed by atoms with Gasteiger partial charge in [-0.15, -0.1) is 0 Å². The molecule has 0 spiro atoms. The molecule has 1 aliphatic heterocycles. The molecule has 1 aromatic rings. The van der Waals surface area contributed by atoms with E-state index in [-0.39, 0.29) is 5.69 Å². The van der Waals surface area contributed by atoms with Crippen LogP contribution in [0, 0.1) is 0 Å². The van der Waals surface area contributed by atoms with E-state index in [0.29, 0.717) is 5.69 Å². The Morgan fingerprint density at radius 2 is 2.20 bits per heavy atom. The van der Waals surface area contributed by atoms with E-state index in [1.807, 2.05) is 11.0 Å². The largest absolute Gasteiger partial charge is 0.476 e. The highest BCUT2D eigenvalue weighted by Crippen LogP contribution is 2.18. The standard InChI is InChI=1S/C10H13N3O2/c14-10(15)9-8(2-1-3-12-9)13-6-4-11-5-7-13/h1-3,11H,4-7H2,(H,14,15). The summed E-state index contributed by atoms with van der Waals surface area (Å²) in [5.74, 6) is -0.968. The molecule has 0 radical (unpaired) electrons. The Balaban J connectivity index is 2.29. The number of nitrogens with one attached hydrogen (secondary N) is 1. The molecular weight excluding hydrogens is 194 g/mol. The number of carboxylic acids is 1. The molecule has 2 heterocycles. The zero-order valence-electron chi connectivity index (χ0n) is 8.31. The summed E-state index contributed by atoms with van der Waals surface area (Å²) in [7, 11) is 0. The van der Waals surface area contributed by atoms with Gasteiger partial charge in [-0.25, -0.2) is 9.78 Å². The molecule has 15 heavy (non-hydrogen) atoms. The highest BCUT2D eigenvalue weighted by atomic mass is 16.4. The summed E-state index contributed by atoms with van der Waals surface area (Å²) in [5, 5.41) is 12.2. The predicted octanol–water partition coefficient (Wildman–Crippen LogP) is 0.189. The van der Waals surface area contributed by atoms with E-state index in [9.17, 15) is 4.79 Å². The first-order valence-corrected chi connectivity index (χ1v) is 4.93. The number of aromatic carboxylic acids is 1. The van der Waals surface area contributed by atoms with Gasteiger partial charge in [0.05, 0.1) is 5.69 Å². The molecule has 2 N–H and O–H groups in total. The van der Waals surface area contributed by atoms with Crippen LogP contribution in [0.5, 0.6) is 0 Å². The van der Waals surface area contributed by atoms with Gasteiger partial charge in [-0.3, -0.25) is 0 Å². The number of aromatic nitrogens is 1. The van der Waals surface area contributed by atoms with Crippen LogP contribution in [0.4, 0.5) is 5.69 Å². The van der Waals surface area contributed by atoms with Gasteiger partial charge in [0.1, 0.15) is 0 Å². The Bertz CT molecular complexity index is 361. The third-order valence-electron chi connectivity index (χ3n) is 2.45. The number of pyridine rings is 1. The fourth-order valence-corrected chi connectivity index (χ4v) is 1.72. The van der Waals surface area contributed by atoms with E-state index in [0.717, 1.165) is 26.2 Å². The van der Waals surface area contributed by atoms with Crippen LogP contribution < -0.4 is 10.2 Å². The van der Waals surface area contributed by atoms with Crippen molar-refractivity contribution in [3.05, 3.63) is 24.0 Å². The van der Waals surface area contributed by atoms with E-state index in [1.165, 1.54) is 6.20 Å². The molecule has 5 nitrogen and oxygen atoms in total. The Morgan fingerprint density at radius 3 is 2.87 bits per heavy atom. The van der Waals surface area contributed by atoms with Crippen LogP contribution in [0.25, 0.3) is 0 Å². The third-order valence-corrected chi connectivity index (χ3v) is 2.45. The number of hydrogen-bond acceptors (Lipinski definition) is 4. The van der Waals surface area contributed by atoms with Gasteiger partial charge >= 0.3 is 5.97 Å². The average Bonchev–Trinajstić information content (AvgIpc) is 2.30. The average molecular weight is 207 g/mol. The Labute approximate surface area is 87.7 Å². The molecule has 80 valence electrons. The normalized spacial score (nSPS) is 16.4. The van der Waals surface area contributed by atoms with E-state index in [2.05, 4.69) is 10.3 Å². The van der Waals surface area contributed by atoms with Crippen LogP contribution in [-0.4, -0.2) is 42.2 Å². The fourth-order valence-electron chi connectivity index (χ4n) is 1.72. The first-order chi connectivity index (χ1) is 7.29. The number of anilines is 1. The lowest BCUT2D eigenvalue weighted by Crippen LogP contribution is -2.44. The maximum absolute atomic E-state index is 11.0. The molecule has 1 aromatic heterocycles. The van der Waals surface area contributed by atoms with Crippen molar-refractivity contribution in [3.63, 3.8) is 0 Å². The molecule has 5 heteroatoms. The Hall–Kier alpha value is -1.62. The number of hydrogen-bond donors (Lipinski definition) is 2. The van der Waals surface area contributed by atoms with Gasteiger partial charge in [0.2, 0.25) is 0 Å². The van der Waals surface area contributed by atoms with Gasteiger partial charge in [-0.1, -0.05) is 0 Å². The molecule has 0 bridgehead atoms. The Kier molecular flexibility index (Phi) is 2.82. The van der Waals surface area contributed by atoms with Gasteiger partial charge < -0.3 is 15.3 Å². The van der Waals surface area contributed by atoms with Crippen LogP contribution in [0.15, 0.2) is 18.3 Å². The van der Waals surface area contributed by atoms with Crippen molar-refractivity contribution in [2.24, 2.45) is 0 Å². The zero-order chi connectivity index (χ0) is 10.7. The summed E-state index contributed by atoms with van der Waals surface area (Å²) in [6, 6.07) is 3.57. The number of nitrogens with zero attached hydrogens (tertiary/aromatic N) is 2. The molecule has 0 amide bonds. The molecule has 0 aromatic carbocycles. The summed E-state index contributed by atoms with van der Waals surface area (Å²) >= 11 is 0. The second kappa shape index (κ2) is 4.27. The summed E-state index contributed by atoms with van der Waals surface area (Å²) in [5.41, 5.74) is 0.853. The van der Waals surface area contributed by atoms with Crippen LogP contribution in [-0.2, 0) is 0 Å². The highest BCUT2D eigenvalue weighted by molar-refractivity contribution is 5.92. The minimum absolute atomic E-state index is 0.138. The molecule has 0 aliphatic carbocycles. The van der Waals surface area contributed by atoms with Crippen molar-refractivity contribution in [3.8, 4) is 0 Å². The first kappa shape index (κ1) is 9.92. The third kappa shape index (κ3) is 2.07. The summed E-state index contributed by atoms with van der Waals surface area (Å²) in [6.07, 6.45) is 1.51. The lowest BCUT2D eigenvalue weighted by atomic mass is 10.2. The molecular formula is C10H13N3O2. The molecule has 1 aliphatic rings. The monoisotopic (exact) mass is 207 g/mol. The lowest BCUT2D eigenvalue weighted by molar-refractivity contribution is 0.0691. The van der Waals surface area contributed by atoms with Gasteiger partial charge in [-0.05, 0) is 12.1 Å². The van der Waals surface area contributed by atoms with E-state index in [4.69, 9.17) is 5.11 Å². The number of carbonyl (C=O) groups is 1. The molecule has 1 saturated heterocycles. The van der Waals surface area contributed by atoms with Crippen molar-refractivity contribution in [2.45, 2.75) is 0 Å². The minimum atomic E-state index is -0.968. The lowest BCUT2D eigenvalue weighted by Gasteiger charge is -2.29. The first-order valence-electron chi connectivity index (χ1n) is 4.93. The summed E-state index contributed by atoms with van der Waals surface area (Å²) in [6.45, 7) is 3.42. The number of carboxylic acid groups (broad SMARTS) is 1. The Morgan fingerprint density at radius 1 is 1.47 bits per heavy atom. The molecule has 0 saturated carbocycles. The van der Waals surface area contributed by atoms with Crippen LogP contribution in [0.1, 0.15) is 10.5 Å². The summed E-state index contributed by atoms with van der Waals surface area (Å²) in [4.78, 5) is 16.9. The maximum Gasteiger partial charge on any atom is 0.356 e. The van der Waals surface area contributed by atoms with Gasteiger partial charge in [0.15, 0.2) is 5.69 Å². The SMILES string of the molecule is O=C(O)c1ncccc1N1CCNCC1. The van der Waals surface area contributed by atoms with Gasteiger partial charge in [-0.2, -0.15) is 0 Å². The highest BCUT2D eigenvalue weighted by Gasteiger charge is 2.18. The second-order valence-electron chi connectivity index (χ2n) is 3.41. The van der Waals surface area contributed by atoms with Gasteiger partial charge in [0.25, 0.3) is 0 Å². The van der Waals surface area contributed by atoms with Crippen molar-refractivity contribution in [1.29, 1.82) is 0 Å². The zero-order valence-corrected chi connectivity index (χ0v) is 8.31. The number of piperazine rings is 1. The van der Waals surface area contributed by atoms with Gasteiger partial charge in [0, 0.05) is 32.4 Å². The van der Waals surface area contributed by atoms with Crippen LogP contribution in [0.2, 0.25) is 0 Å². The molecule has 2 rings (SSSR count). The minimum Gasteiger partial charge on any atom is -0.476 e. The van der Waals surface area contributed by atoms with Crippen molar-refractivity contribution < 1.29 is 9.90 Å². The topological polar surface area (TPSA) is 65.5 Å². The molecule has 1 fully saturated rings. The smallest absolute Gasteiger partial charge is 0.356 e. The van der Waals surface area contributed by atoms with Crippen molar-refractivity contribution in [2.75, 3.05) is 31.1 Å². The van der Waals surface area contributed by atoms with E-state index < -0.39 is 5.97 Å². The second-order valence-corrected chi connectivity index (χ2v) is 3.41. The maximum atomic E-state index is 11.0. The molecule has 0 unspecified atom stereocenters. The molecule has 0 atom stereocenters. The van der Waals surface area contributed by atoms with E-state index >= 15 is 0 Å². The van der Waals surface area contributed by atoms with Crippen LogP contribution in [0.3, 0.4) is 0 Å². The predicted molar refractivity (Wildman–Crippen MR) is 56.3 cm³/mol. The number of rotatable bonds is 2. The van der Waals surface area contributed by atoms with Crippen LogP contribution >= 0.6 is 0 Å². The quantitative estimate of drug-likeness (QED) is 0.724. The van der Waals surface area contributed by atoms with E-state index in [1.54, 1.807) is 6.07 Å². The van der Waals surface area contributed by atoms with Crippen molar-refractivity contribution >= 4 is 11.7 Å². The van der Waals surface area contributed by atoms with Crippen molar-refractivity contribution in [1.82, 2.24) is 10.3 Å². The fraction of sp³-hybridized carbons (Fsp3) is 0.400. The summed E-state index contributed by atoms with van der Waals surface area (Å²) < 4.78 is 0.